The number of unbranched alkanes of at least 4 members (excludes halogenated alkanes) is 2. The number of benzene rings is 3. The Kier molecular flexibility index (Phi) is 9.94. The van der Waals surface area contributed by atoms with Gasteiger partial charge in [-0.05, 0) is 91.1 Å². The minimum atomic E-state index is -4.74. The standard InChI is InChI=1S/C33H32F6O2/c1-2-3-4-5-21-6-8-22(9-7-21)23-10-12-24(13-11-23)32(40)41-26-14-15-27(31(36)20-26)25-18-29(34)28(30(35)19-25)16-17-33(37,38)39/h10-22H,2-9H2,1H3. The highest BCUT2D eigenvalue weighted by Gasteiger charge is 2.24. The molecule has 0 N–H and O–H groups in total. The zero-order valence-corrected chi connectivity index (χ0v) is 22.7. The maximum atomic E-state index is 14.8. The predicted molar refractivity (Wildman–Crippen MR) is 147 cm³/mol. The smallest absolute Gasteiger partial charge is 0.409 e. The Morgan fingerprint density at radius 2 is 1.54 bits per heavy atom. The quantitative estimate of drug-likeness (QED) is 0.110. The minimum Gasteiger partial charge on any atom is -0.423 e. The van der Waals surface area contributed by atoms with Crippen LogP contribution in [0.2, 0.25) is 0 Å². The fraction of sp³-hybridized carbons (Fsp3) is 0.364. The van der Waals surface area contributed by atoms with Crippen molar-refractivity contribution in [1.29, 1.82) is 0 Å². The number of ether oxygens (including phenoxy) is 1. The van der Waals surface area contributed by atoms with Gasteiger partial charge in [0.25, 0.3) is 0 Å². The van der Waals surface area contributed by atoms with Crippen LogP contribution >= 0.6 is 0 Å². The molecule has 0 bridgehead atoms. The van der Waals surface area contributed by atoms with Crippen molar-refractivity contribution >= 4 is 12.0 Å². The third-order valence-electron chi connectivity index (χ3n) is 7.66. The Morgan fingerprint density at radius 3 is 2.12 bits per heavy atom. The molecule has 0 radical (unpaired) electrons. The molecule has 3 aromatic carbocycles. The van der Waals surface area contributed by atoms with E-state index in [-0.39, 0.29) is 29.0 Å². The van der Waals surface area contributed by atoms with Crippen molar-refractivity contribution in [3.8, 4) is 16.9 Å². The van der Waals surface area contributed by atoms with Crippen molar-refractivity contribution in [1.82, 2.24) is 0 Å². The minimum absolute atomic E-state index is 0.104. The normalized spacial score (nSPS) is 17.6. The van der Waals surface area contributed by atoms with Crippen LogP contribution < -0.4 is 4.74 Å². The van der Waals surface area contributed by atoms with Crippen molar-refractivity contribution < 1.29 is 35.9 Å². The van der Waals surface area contributed by atoms with Crippen LogP contribution in [0.25, 0.3) is 17.2 Å². The third-order valence-corrected chi connectivity index (χ3v) is 7.66. The Morgan fingerprint density at radius 1 is 0.878 bits per heavy atom. The number of carbonyl (C=O) groups excluding carboxylic acids is 1. The summed E-state index contributed by atoms with van der Waals surface area (Å²) in [6.07, 6.45) is 5.07. The molecule has 3 aromatic rings. The van der Waals surface area contributed by atoms with E-state index in [1.807, 2.05) is 12.1 Å². The topological polar surface area (TPSA) is 26.3 Å². The molecule has 1 fully saturated rings. The molecule has 0 aromatic heterocycles. The van der Waals surface area contributed by atoms with Crippen LogP contribution in [0.4, 0.5) is 26.3 Å². The van der Waals surface area contributed by atoms with E-state index in [0.717, 1.165) is 37.0 Å². The average molecular weight is 575 g/mol. The molecule has 218 valence electrons. The molecule has 1 aliphatic carbocycles. The van der Waals surface area contributed by atoms with Gasteiger partial charge in [0.1, 0.15) is 23.2 Å². The number of halogens is 6. The van der Waals surface area contributed by atoms with Gasteiger partial charge in [-0.1, -0.05) is 44.7 Å². The molecule has 2 nitrogen and oxygen atoms in total. The van der Waals surface area contributed by atoms with Gasteiger partial charge in [-0.15, -0.1) is 0 Å². The summed E-state index contributed by atoms with van der Waals surface area (Å²) < 4.78 is 85.9. The van der Waals surface area contributed by atoms with E-state index in [2.05, 4.69) is 6.92 Å². The van der Waals surface area contributed by atoms with E-state index in [4.69, 9.17) is 4.74 Å². The summed E-state index contributed by atoms with van der Waals surface area (Å²) >= 11 is 0. The summed E-state index contributed by atoms with van der Waals surface area (Å²) in [7, 11) is 0. The summed E-state index contributed by atoms with van der Waals surface area (Å²) in [6, 6.07) is 12.1. The van der Waals surface area contributed by atoms with Gasteiger partial charge in [-0.25, -0.2) is 18.0 Å². The average Bonchev–Trinajstić information content (AvgIpc) is 2.92. The van der Waals surface area contributed by atoms with Gasteiger partial charge in [0.05, 0.1) is 5.56 Å². The molecule has 0 heterocycles. The van der Waals surface area contributed by atoms with Gasteiger partial charge in [0.2, 0.25) is 0 Å². The lowest BCUT2D eigenvalue weighted by Gasteiger charge is -2.29. The fourth-order valence-corrected chi connectivity index (χ4v) is 5.40. The molecular weight excluding hydrogens is 542 g/mol. The van der Waals surface area contributed by atoms with Crippen molar-refractivity contribution in [2.45, 2.75) is 70.4 Å². The molecule has 4 rings (SSSR count). The number of esters is 1. The number of alkyl halides is 3. The Labute approximate surface area is 236 Å². The molecule has 0 amide bonds. The van der Waals surface area contributed by atoms with Crippen LogP contribution in [-0.2, 0) is 0 Å². The molecule has 0 saturated heterocycles. The van der Waals surface area contributed by atoms with Crippen LogP contribution in [0.1, 0.15) is 85.7 Å². The van der Waals surface area contributed by atoms with Crippen molar-refractivity contribution in [3.05, 3.63) is 94.8 Å². The van der Waals surface area contributed by atoms with Gasteiger partial charge < -0.3 is 4.74 Å². The zero-order valence-electron chi connectivity index (χ0n) is 22.7. The second-order valence-electron chi connectivity index (χ2n) is 10.6. The maximum absolute atomic E-state index is 14.8. The first-order valence-electron chi connectivity index (χ1n) is 13.9. The first-order chi connectivity index (χ1) is 19.5. The van der Waals surface area contributed by atoms with Crippen LogP contribution in [0.15, 0.2) is 60.7 Å². The first kappa shape index (κ1) is 30.4. The van der Waals surface area contributed by atoms with Crippen molar-refractivity contribution in [2.24, 2.45) is 5.92 Å². The Balaban J connectivity index is 1.38. The lowest BCUT2D eigenvalue weighted by molar-refractivity contribution is -0.0790. The van der Waals surface area contributed by atoms with E-state index >= 15 is 0 Å². The number of carbonyl (C=O) groups is 1. The predicted octanol–water partition coefficient (Wildman–Crippen LogP) is 10.4. The molecule has 8 heteroatoms. The van der Waals surface area contributed by atoms with E-state index in [1.54, 1.807) is 12.1 Å². The van der Waals surface area contributed by atoms with Crippen LogP contribution in [-0.4, -0.2) is 12.1 Å². The van der Waals surface area contributed by atoms with Gasteiger partial charge in [-0.2, -0.15) is 13.2 Å². The number of allylic oxidation sites excluding steroid dienone is 1. The Bertz CT molecular complexity index is 1350. The Hall–Kier alpha value is -3.55. The molecule has 1 saturated carbocycles. The summed E-state index contributed by atoms with van der Waals surface area (Å²) in [5.41, 5.74) is 0.170. The molecule has 0 aliphatic heterocycles. The lowest BCUT2D eigenvalue weighted by Crippen LogP contribution is -2.14. The highest BCUT2D eigenvalue weighted by atomic mass is 19.4. The number of rotatable bonds is 9. The van der Waals surface area contributed by atoms with E-state index in [1.165, 1.54) is 56.2 Å². The van der Waals surface area contributed by atoms with Crippen LogP contribution in [0.5, 0.6) is 5.75 Å². The van der Waals surface area contributed by atoms with Crippen LogP contribution in [0, 0.1) is 23.4 Å². The second kappa shape index (κ2) is 13.4. The second-order valence-corrected chi connectivity index (χ2v) is 10.6. The zero-order chi connectivity index (χ0) is 29.6. The molecule has 0 atom stereocenters. The van der Waals surface area contributed by atoms with E-state index < -0.39 is 35.2 Å². The largest absolute Gasteiger partial charge is 0.423 e. The molecule has 1 aliphatic rings. The maximum Gasteiger partial charge on any atom is 0.409 e. The van der Waals surface area contributed by atoms with Crippen molar-refractivity contribution in [3.63, 3.8) is 0 Å². The number of hydrogen-bond donors (Lipinski definition) is 0. The summed E-state index contributed by atoms with van der Waals surface area (Å²) in [5.74, 6) is -3.00. The molecule has 41 heavy (non-hydrogen) atoms. The lowest BCUT2D eigenvalue weighted by atomic mass is 9.77. The van der Waals surface area contributed by atoms with Gasteiger partial charge in [0.15, 0.2) is 0 Å². The van der Waals surface area contributed by atoms with Crippen molar-refractivity contribution in [2.75, 3.05) is 0 Å². The highest BCUT2D eigenvalue weighted by molar-refractivity contribution is 5.91. The summed E-state index contributed by atoms with van der Waals surface area (Å²) in [6.45, 7) is 2.22. The van der Waals surface area contributed by atoms with E-state index in [9.17, 15) is 31.1 Å². The highest BCUT2D eigenvalue weighted by Crippen LogP contribution is 2.38. The molecular formula is C33H32F6O2. The van der Waals surface area contributed by atoms with Gasteiger partial charge in [0, 0.05) is 23.3 Å². The molecule has 0 spiro atoms. The number of hydrogen-bond acceptors (Lipinski definition) is 2. The van der Waals surface area contributed by atoms with E-state index in [0.29, 0.717) is 11.5 Å². The monoisotopic (exact) mass is 574 g/mol. The van der Waals surface area contributed by atoms with Gasteiger partial charge in [-0.3, -0.25) is 0 Å². The van der Waals surface area contributed by atoms with Crippen LogP contribution in [0.3, 0.4) is 0 Å². The summed E-state index contributed by atoms with van der Waals surface area (Å²) in [4.78, 5) is 12.7. The fourth-order valence-electron chi connectivity index (χ4n) is 5.40. The third kappa shape index (κ3) is 8.24. The van der Waals surface area contributed by atoms with Gasteiger partial charge >= 0.3 is 12.1 Å². The summed E-state index contributed by atoms with van der Waals surface area (Å²) in [5, 5.41) is 0. The molecule has 0 unspecified atom stereocenters. The first-order valence-corrected chi connectivity index (χ1v) is 13.9. The SMILES string of the molecule is CCCCCC1CCC(c2ccc(C(=O)Oc3ccc(-c4cc(F)c(C=CC(F)(F)F)c(F)c4)c(F)c3)cc2)CC1.